The third-order valence-corrected chi connectivity index (χ3v) is 4.52. The number of ether oxygens (including phenoxy) is 1. The molecule has 1 aromatic carbocycles. The molecule has 0 aliphatic rings. The number of aromatic carboxylic acids is 1. The van der Waals surface area contributed by atoms with E-state index in [1.54, 1.807) is 6.92 Å². The normalized spacial score (nSPS) is 10.6. The molecule has 5 heteroatoms. The zero-order valence-corrected chi connectivity index (χ0v) is 13.3. The first kappa shape index (κ1) is 15.5. The Hall–Kier alpha value is -1.88. The van der Waals surface area contributed by atoms with Gasteiger partial charge in [-0.05, 0) is 50.5 Å². The van der Waals surface area contributed by atoms with Crippen molar-refractivity contribution in [1.29, 1.82) is 0 Å². The zero-order chi connectivity index (χ0) is 15.4. The molecule has 0 saturated heterocycles. The Morgan fingerprint density at radius 2 is 2.05 bits per heavy atom. The number of aromatic nitrogens is 1. The lowest BCUT2D eigenvalue weighted by molar-refractivity contribution is 0.0701. The van der Waals surface area contributed by atoms with E-state index in [0.717, 1.165) is 23.6 Å². The van der Waals surface area contributed by atoms with Gasteiger partial charge in [0.1, 0.15) is 10.6 Å². The molecule has 4 nitrogen and oxygen atoms in total. The number of carboxylic acids is 1. The van der Waals surface area contributed by atoms with E-state index < -0.39 is 5.97 Å². The maximum absolute atomic E-state index is 11.0. The minimum atomic E-state index is -0.900. The molecule has 0 saturated carbocycles. The molecule has 0 amide bonds. The molecule has 0 aliphatic heterocycles. The number of aryl methyl sites for hydroxylation is 4. The summed E-state index contributed by atoms with van der Waals surface area (Å²) >= 11 is 1.25. The fourth-order valence-corrected chi connectivity index (χ4v) is 2.92. The number of carboxylic acid groups (broad SMARTS) is 1. The summed E-state index contributed by atoms with van der Waals surface area (Å²) in [7, 11) is 0. The van der Waals surface area contributed by atoms with Crippen LogP contribution in [0, 0.1) is 20.8 Å². The highest BCUT2D eigenvalue weighted by atomic mass is 32.1. The smallest absolute Gasteiger partial charge is 0.347 e. The summed E-state index contributed by atoms with van der Waals surface area (Å²) in [6, 6.07) is 6.05. The molecule has 0 fully saturated rings. The number of benzene rings is 1. The van der Waals surface area contributed by atoms with Gasteiger partial charge in [0.05, 0.1) is 17.3 Å². The third kappa shape index (κ3) is 4.04. The Morgan fingerprint density at radius 1 is 1.29 bits per heavy atom. The molecule has 0 radical (unpaired) electrons. The van der Waals surface area contributed by atoms with Gasteiger partial charge in [-0.2, -0.15) is 0 Å². The number of nitrogens with zero attached hydrogens (tertiary/aromatic N) is 1. The predicted octanol–water partition coefficient (Wildman–Crippen LogP) is 3.78. The molecule has 1 N–H and O–H groups in total. The first-order valence-corrected chi connectivity index (χ1v) is 7.68. The van der Waals surface area contributed by atoms with Crippen molar-refractivity contribution in [1.82, 2.24) is 4.98 Å². The van der Waals surface area contributed by atoms with Crippen LogP contribution >= 0.6 is 11.3 Å². The molecule has 1 heterocycles. The Bertz CT molecular complexity index is 649. The molecule has 21 heavy (non-hydrogen) atoms. The second kappa shape index (κ2) is 6.72. The summed E-state index contributed by atoms with van der Waals surface area (Å²) in [4.78, 5) is 15.6. The average molecular weight is 305 g/mol. The van der Waals surface area contributed by atoms with E-state index in [4.69, 9.17) is 9.84 Å². The molecule has 1 aromatic heterocycles. The molecular formula is C16H19NO3S. The first-order chi connectivity index (χ1) is 9.97. The molecule has 0 unspecified atom stereocenters. The summed E-state index contributed by atoms with van der Waals surface area (Å²) in [5.41, 5.74) is 3.06. The van der Waals surface area contributed by atoms with E-state index in [2.05, 4.69) is 18.8 Å². The largest absolute Gasteiger partial charge is 0.494 e. The molecule has 0 aliphatic carbocycles. The van der Waals surface area contributed by atoms with Crippen LogP contribution in [0.2, 0.25) is 0 Å². The van der Waals surface area contributed by atoms with E-state index in [-0.39, 0.29) is 0 Å². The Labute approximate surface area is 128 Å². The van der Waals surface area contributed by atoms with Crippen molar-refractivity contribution in [3.63, 3.8) is 0 Å². The van der Waals surface area contributed by atoms with Gasteiger partial charge >= 0.3 is 5.97 Å². The highest BCUT2D eigenvalue weighted by Gasteiger charge is 2.13. The topological polar surface area (TPSA) is 59.4 Å². The van der Waals surface area contributed by atoms with Crippen molar-refractivity contribution < 1.29 is 14.6 Å². The van der Waals surface area contributed by atoms with E-state index in [1.165, 1.54) is 22.5 Å². The maximum atomic E-state index is 11.0. The molecular weight excluding hydrogens is 286 g/mol. The van der Waals surface area contributed by atoms with E-state index in [0.29, 0.717) is 17.2 Å². The van der Waals surface area contributed by atoms with Crippen LogP contribution in [-0.2, 0) is 6.42 Å². The monoisotopic (exact) mass is 305 g/mol. The van der Waals surface area contributed by atoms with E-state index in [1.807, 2.05) is 18.2 Å². The van der Waals surface area contributed by atoms with E-state index >= 15 is 0 Å². The van der Waals surface area contributed by atoms with Gasteiger partial charge in [-0.15, -0.1) is 11.3 Å². The second-order valence-corrected chi connectivity index (χ2v) is 6.11. The highest BCUT2D eigenvalue weighted by Crippen LogP contribution is 2.20. The third-order valence-electron chi connectivity index (χ3n) is 3.32. The summed E-state index contributed by atoms with van der Waals surface area (Å²) in [6.07, 6.45) is 1.56. The maximum Gasteiger partial charge on any atom is 0.347 e. The van der Waals surface area contributed by atoms with E-state index in [9.17, 15) is 4.79 Å². The summed E-state index contributed by atoms with van der Waals surface area (Å²) in [5, 5.41) is 9.85. The quantitative estimate of drug-likeness (QED) is 0.825. The molecule has 0 atom stereocenters. The van der Waals surface area contributed by atoms with Gasteiger partial charge in [-0.3, -0.25) is 0 Å². The van der Waals surface area contributed by atoms with Gasteiger partial charge in [0.2, 0.25) is 0 Å². The molecule has 0 bridgehead atoms. The van der Waals surface area contributed by atoms with Gasteiger partial charge in [0, 0.05) is 6.42 Å². The van der Waals surface area contributed by atoms with Crippen LogP contribution in [-0.4, -0.2) is 22.7 Å². The number of thiazole rings is 1. The molecule has 112 valence electrons. The van der Waals surface area contributed by atoms with Crippen LogP contribution in [0.1, 0.15) is 37.9 Å². The summed E-state index contributed by atoms with van der Waals surface area (Å²) < 4.78 is 5.71. The van der Waals surface area contributed by atoms with Crippen LogP contribution in [0.25, 0.3) is 0 Å². The van der Waals surface area contributed by atoms with Crippen molar-refractivity contribution in [3.8, 4) is 5.75 Å². The zero-order valence-electron chi connectivity index (χ0n) is 12.5. The van der Waals surface area contributed by atoms with Gasteiger partial charge in [-0.25, -0.2) is 9.78 Å². The van der Waals surface area contributed by atoms with Gasteiger partial charge < -0.3 is 9.84 Å². The molecule has 0 spiro atoms. The minimum absolute atomic E-state index is 0.333. The molecule has 2 aromatic rings. The number of hydrogen-bond acceptors (Lipinski definition) is 4. The van der Waals surface area contributed by atoms with Crippen molar-refractivity contribution in [2.45, 2.75) is 33.6 Å². The number of carbonyl (C=O) groups is 1. The predicted molar refractivity (Wildman–Crippen MR) is 83.5 cm³/mol. The van der Waals surface area contributed by atoms with Crippen molar-refractivity contribution in [2.75, 3.05) is 6.61 Å². The lowest BCUT2D eigenvalue weighted by atomic mass is 10.1. The summed E-state index contributed by atoms with van der Waals surface area (Å²) in [6.45, 7) is 6.47. The Morgan fingerprint density at radius 3 is 2.67 bits per heavy atom. The van der Waals surface area contributed by atoms with Crippen molar-refractivity contribution >= 4 is 17.3 Å². The van der Waals surface area contributed by atoms with Crippen LogP contribution < -0.4 is 4.74 Å². The standard InChI is InChI=1S/C16H19NO3S/c1-10-6-7-13(9-11(10)2)20-8-4-5-14-17-12(3)15(21-14)16(18)19/h6-7,9H,4-5,8H2,1-3H3,(H,18,19). The highest BCUT2D eigenvalue weighted by molar-refractivity contribution is 7.13. The van der Waals surface area contributed by atoms with Crippen molar-refractivity contribution in [3.05, 3.63) is 44.9 Å². The van der Waals surface area contributed by atoms with Crippen LogP contribution in [0.15, 0.2) is 18.2 Å². The lowest BCUT2D eigenvalue weighted by Crippen LogP contribution is -1.99. The van der Waals surface area contributed by atoms with Crippen LogP contribution in [0.3, 0.4) is 0 Å². The van der Waals surface area contributed by atoms with Gasteiger partial charge in [0.25, 0.3) is 0 Å². The average Bonchev–Trinajstić information content (AvgIpc) is 2.80. The Kier molecular flexibility index (Phi) is 4.96. The van der Waals surface area contributed by atoms with Crippen LogP contribution in [0.4, 0.5) is 0 Å². The summed E-state index contributed by atoms with van der Waals surface area (Å²) in [5.74, 6) is -0.0257. The first-order valence-electron chi connectivity index (χ1n) is 6.87. The molecule has 2 rings (SSSR count). The van der Waals surface area contributed by atoms with Crippen molar-refractivity contribution in [2.24, 2.45) is 0 Å². The minimum Gasteiger partial charge on any atom is -0.494 e. The number of rotatable bonds is 6. The fourth-order valence-electron chi connectivity index (χ4n) is 1.97. The van der Waals surface area contributed by atoms with Gasteiger partial charge in [-0.1, -0.05) is 6.07 Å². The number of hydrogen-bond donors (Lipinski definition) is 1. The Balaban J connectivity index is 1.83. The fraction of sp³-hybridized carbons (Fsp3) is 0.375. The lowest BCUT2D eigenvalue weighted by Gasteiger charge is -2.07. The van der Waals surface area contributed by atoms with Gasteiger partial charge in [0.15, 0.2) is 0 Å². The second-order valence-electron chi connectivity index (χ2n) is 5.03. The van der Waals surface area contributed by atoms with Crippen LogP contribution in [0.5, 0.6) is 5.75 Å². The SMILES string of the molecule is Cc1ccc(OCCCc2nc(C)c(C(=O)O)s2)cc1C.